The van der Waals surface area contributed by atoms with Crippen molar-refractivity contribution in [3.8, 4) is 0 Å². The number of carbonyl (C=O) groups excluding carboxylic acids is 2. The fourth-order valence-corrected chi connectivity index (χ4v) is 2.89. The Labute approximate surface area is 149 Å². The molecule has 0 spiro atoms. The van der Waals surface area contributed by atoms with Crippen LogP contribution in [0.3, 0.4) is 0 Å². The van der Waals surface area contributed by atoms with Crippen LogP contribution in [0.15, 0.2) is 36.4 Å². The van der Waals surface area contributed by atoms with Gasteiger partial charge < -0.3 is 10.1 Å². The predicted molar refractivity (Wildman–Crippen MR) is 92.2 cm³/mol. The molecule has 0 aromatic heterocycles. The first-order valence-electron chi connectivity index (χ1n) is 8.13. The number of cyclic esters (lactones) is 1. The van der Waals surface area contributed by atoms with Crippen molar-refractivity contribution >= 4 is 17.7 Å². The summed E-state index contributed by atoms with van der Waals surface area (Å²) in [6.07, 6.45) is -1.01. The number of rotatable bonds is 4. The van der Waals surface area contributed by atoms with E-state index in [1.807, 2.05) is 32.0 Å². The monoisotopic (exact) mass is 360 g/mol. The van der Waals surface area contributed by atoms with E-state index in [-0.39, 0.29) is 12.1 Å². The van der Waals surface area contributed by atoms with Gasteiger partial charge >= 0.3 is 6.09 Å². The summed E-state index contributed by atoms with van der Waals surface area (Å²) in [4.78, 5) is 25.6. The molecule has 0 bridgehead atoms. The van der Waals surface area contributed by atoms with Crippen LogP contribution in [-0.4, -0.2) is 31.2 Å². The van der Waals surface area contributed by atoms with Gasteiger partial charge in [0, 0.05) is 11.3 Å². The zero-order valence-corrected chi connectivity index (χ0v) is 14.4. The molecule has 1 heterocycles. The van der Waals surface area contributed by atoms with Crippen molar-refractivity contribution in [3.63, 3.8) is 0 Å². The normalized spacial score (nSPS) is 16.5. The third kappa shape index (κ3) is 3.82. The molecule has 1 atom stereocenters. The van der Waals surface area contributed by atoms with E-state index in [0.717, 1.165) is 28.9 Å². The van der Waals surface area contributed by atoms with Gasteiger partial charge in [0.15, 0.2) is 11.6 Å². The summed E-state index contributed by atoms with van der Waals surface area (Å²) in [5.74, 6) is -2.67. The molecule has 2 aromatic rings. The minimum atomic E-state index is -1.09. The van der Waals surface area contributed by atoms with Crippen molar-refractivity contribution in [1.29, 1.82) is 0 Å². The van der Waals surface area contributed by atoms with Crippen LogP contribution in [0.25, 0.3) is 0 Å². The lowest BCUT2D eigenvalue weighted by molar-refractivity contribution is 0.0915. The van der Waals surface area contributed by atoms with Crippen LogP contribution in [0.1, 0.15) is 21.5 Å². The largest absolute Gasteiger partial charge is 0.442 e. The van der Waals surface area contributed by atoms with Crippen LogP contribution >= 0.6 is 0 Å². The molecule has 1 unspecified atom stereocenters. The molecule has 1 N–H and O–H groups in total. The van der Waals surface area contributed by atoms with Gasteiger partial charge in [-0.1, -0.05) is 6.07 Å². The summed E-state index contributed by atoms with van der Waals surface area (Å²) in [7, 11) is 0. The lowest BCUT2D eigenvalue weighted by Gasteiger charge is -2.14. The van der Waals surface area contributed by atoms with Gasteiger partial charge in [-0.15, -0.1) is 0 Å². The Morgan fingerprint density at radius 3 is 2.50 bits per heavy atom. The van der Waals surface area contributed by atoms with E-state index < -0.39 is 29.7 Å². The first-order valence-corrected chi connectivity index (χ1v) is 8.13. The maximum Gasteiger partial charge on any atom is 0.414 e. The summed E-state index contributed by atoms with van der Waals surface area (Å²) in [5, 5.41) is 2.57. The molecule has 0 saturated carbocycles. The second-order valence-electron chi connectivity index (χ2n) is 6.30. The van der Waals surface area contributed by atoms with E-state index in [0.29, 0.717) is 6.54 Å². The topological polar surface area (TPSA) is 58.6 Å². The zero-order chi connectivity index (χ0) is 18.8. The summed E-state index contributed by atoms with van der Waals surface area (Å²) in [6, 6.07) is 8.68. The van der Waals surface area contributed by atoms with Crippen molar-refractivity contribution in [1.82, 2.24) is 5.32 Å². The summed E-state index contributed by atoms with van der Waals surface area (Å²) >= 11 is 0. The molecule has 7 heteroatoms. The number of hydrogen-bond acceptors (Lipinski definition) is 3. The molecule has 3 rings (SSSR count). The molecular formula is C19H18F2N2O3. The number of ether oxygens (including phenoxy) is 1. The van der Waals surface area contributed by atoms with E-state index in [9.17, 15) is 18.4 Å². The number of aryl methyl sites for hydroxylation is 2. The van der Waals surface area contributed by atoms with Gasteiger partial charge in [0.05, 0.1) is 13.1 Å². The highest BCUT2D eigenvalue weighted by atomic mass is 19.2. The maximum absolute atomic E-state index is 13.2. The lowest BCUT2D eigenvalue weighted by Crippen LogP contribution is -2.34. The van der Waals surface area contributed by atoms with Gasteiger partial charge in [0.2, 0.25) is 0 Å². The van der Waals surface area contributed by atoms with E-state index >= 15 is 0 Å². The average Bonchev–Trinajstić information content (AvgIpc) is 2.95. The van der Waals surface area contributed by atoms with Gasteiger partial charge in [-0.05, 0) is 55.3 Å². The Bertz CT molecular complexity index is 850. The molecule has 1 aliphatic rings. The first kappa shape index (κ1) is 17.8. The van der Waals surface area contributed by atoms with Crippen LogP contribution in [0, 0.1) is 25.5 Å². The molecule has 1 aliphatic heterocycles. The standard InChI is InChI=1S/C19H18F2N2O3/c1-11-5-12(2)7-14(6-11)23-10-15(26-19(23)25)9-22-18(24)13-3-4-16(20)17(21)8-13/h3-8,15H,9-10H2,1-2H3,(H,22,24). The van der Waals surface area contributed by atoms with Crippen LogP contribution in [0.2, 0.25) is 0 Å². The molecule has 5 nitrogen and oxygen atoms in total. The third-order valence-electron chi connectivity index (χ3n) is 4.06. The van der Waals surface area contributed by atoms with Gasteiger partial charge in [-0.2, -0.15) is 0 Å². The summed E-state index contributed by atoms with van der Waals surface area (Å²) < 4.78 is 31.4. The Kier molecular flexibility index (Phi) is 4.88. The van der Waals surface area contributed by atoms with E-state index in [1.165, 1.54) is 11.0 Å². The third-order valence-corrected chi connectivity index (χ3v) is 4.06. The fourth-order valence-electron chi connectivity index (χ4n) is 2.89. The van der Waals surface area contributed by atoms with E-state index in [1.54, 1.807) is 0 Å². The number of anilines is 1. The minimum Gasteiger partial charge on any atom is -0.442 e. The molecule has 26 heavy (non-hydrogen) atoms. The first-order chi connectivity index (χ1) is 12.3. The maximum atomic E-state index is 13.2. The second kappa shape index (κ2) is 7.11. The van der Waals surface area contributed by atoms with Crippen molar-refractivity contribution in [3.05, 3.63) is 64.7 Å². The summed E-state index contributed by atoms with van der Waals surface area (Å²) in [5.41, 5.74) is 2.80. The van der Waals surface area contributed by atoms with Crippen molar-refractivity contribution < 1.29 is 23.1 Å². The number of nitrogens with zero attached hydrogens (tertiary/aromatic N) is 1. The number of amides is 2. The Balaban J connectivity index is 1.62. The van der Waals surface area contributed by atoms with Crippen LogP contribution in [-0.2, 0) is 4.74 Å². The van der Waals surface area contributed by atoms with Gasteiger partial charge in [-0.25, -0.2) is 13.6 Å². The van der Waals surface area contributed by atoms with E-state index in [4.69, 9.17) is 4.74 Å². The average molecular weight is 360 g/mol. The van der Waals surface area contributed by atoms with Crippen molar-refractivity contribution in [2.45, 2.75) is 20.0 Å². The van der Waals surface area contributed by atoms with Crippen molar-refractivity contribution in [2.75, 3.05) is 18.0 Å². The van der Waals surface area contributed by atoms with Gasteiger partial charge in [-0.3, -0.25) is 9.69 Å². The molecular weight excluding hydrogens is 342 g/mol. The molecule has 0 radical (unpaired) electrons. The molecule has 136 valence electrons. The highest BCUT2D eigenvalue weighted by molar-refractivity contribution is 5.94. The van der Waals surface area contributed by atoms with Crippen LogP contribution in [0.5, 0.6) is 0 Å². The van der Waals surface area contributed by atoms with Crippen molar-refractivity contribution in [2.24, 2.45) is 0 Å². The lowest BCUT2D eigenvalue weighted by atomic mass is 10.1. The Hall–Kier alpha value is -2.96. The highest BCUT2D eigenvalue weighted by Crippen LogP contribution is 2.24. The smallest absolute Gasteiger partial charge is 0.414 e. The van der Waals surface area contributed by atoms with Crippen LogP contribution < -0.4 is 10.2 Å². The molecule has 1 saturated heterocycles. The fraction of sp³-hybridized carbons (Fsp3) is 0.263. The highest BCUT2D eigenvalue weighted by Gasteiger charge is 2.32. The zero-order valence-electron chi connectivity index (χ0n) is 14.4. The molecule has 1 fully saturated rings. The number of hydrogen-bond donors (Lipinski definition) is 1. The van der Waals surface area contributed by atoms with E-state index in [2.05, 4.69) is 5.32 Å². The number of halogens is 2. The number of benzene rings is 2. The summed E-state index contributed by atoms with van der Waals surface area (Å²) in [6.45, 7) is 4.25. The number of carbonyl (C=O) groups is 2. The predicted octanol–water partition coefficient (Wildman–Crippen LogP) is 3.34. The number of nitrogens with one attached hydrogen (secondary N) is 1. The quantitative estimate of drug-likeness (QED) is 0.910. The molecule has 2 aromatic carbocycles. The van der Waals surface area contributed by atoms with Gasteiger partial charge in [0.25, 0.3) is 5.91 Å². The second-order valence-corrected chi connectivity index (χ2v) is 6.30. The van der Waals surface area contributed by atoms with Gasteiger partial charge in [0.1, 0.15) is 6.10 Å². The SMILES string of the molecule is Cc1cc(C)cc(N2CC(CNC(=O)c3ccc(F)c(F)c3)OC2=O)c1. The minimum absolute atomic E-state index is 0.000566. The Morgan fingerprint density at radius 1 is 1.15 bits per heavy atom. The molecule has 2 amide bonds. The van der Waals surface area contributed by atoms with Crippen LogP contribution in [0.4, 0.5) is 19.3 Å². The molecule has 0 aliphatic carbocycles. The Morgan fingerprint density at radius 2 is 1.85 bits per heavy atom.